The maximum absolute atomic E-state index is 13.5. The van der Waals surface area contributed by atoms with Crippen LogP contribution in [0, 0.1) is 17.2 Å². The average Bonchev–Trinajstić information content (AvgIpc) is 3.92. The molecule has 9 rings (SSSR count). The number of carbonyl (C=O) groups excluding carboxylic acids is 3. The van der Waals surface area contributed by atoms with Crippen molar-refractivity contribution in [3.05, 3.63) is 66.6 Å². The van der Waals surface area contributed by atoms with E-state index in [0.717, 1.165) is 109 Å². The molecule has 0 unspecified atom stereocenters. The summed E-state index contributed by atoms with van der Waals surface area (Å²) in [6, 6.07) is 16.2. The van der Waals surface area contributed by atoms with E-state index in [4.69, 9.17) is 9.72 Å². The van der Waals surface area contributed by atoms with Gasteiger partial charge in [-0.1, -0.05) is 17.4 Å². The molecule has 3 amide bonds. The van der Waals surface area contributed by atoms with Crippen LogP contribution in [0.25, 0.3) is 27.5 Å². The van der Waals surface area contributed by atoms with Gasteiger partial charge in [-0.3, -0.25) is 24.7 Å². The molecule has 4 fully saturated rings. The highest BCUT2D eigenvalue weighted by Gasteiger charge is 2.32. The summed E-state index contributed by atoms with van der Waals surface area (Å²) < 4.78 is 7.41. The second-order valence-electron chi connectivity index (χ2n) is 14.5. The van der Waals surface area contributed by atoms with E-state index in [1.807, 2.05) is 53.7 Å². The number of ether oxygens (including phenoxy) is 1. The van der Waals surface area contributed by atoms with Crippen LogP contribution in [0.5, 0.6) is 0 Å². The minimum Gasteiger partial charge on any atom is -0.381 e. The van der Waals surface area contributed by atoms with Gasteiger partial charge in [0.05, 0.1) is 34.2 Å². The van der Waals surface area contributed by atoms with Crippen molar-refractivity contribution in [2.75, 3.05) is 67.6 Å². The Balaban J connectivity index is 0.000000509. The lowest BCUT2D eigenvalue weighted by molar-refractivity contribution is -0.136. The van der Waals surface area contributed by atoms with E-state index in [9.17, 15) is 19.6 Å². The number of aromatic nitrogens is 6. The summed E-state index contributed by atoms with van der Waals surface area (Å²) in [5, 5.41) is 30.6. The number of amides is 3. The highest BCUT2D eigenvalue weighted by molar-refractivity contribution is 7.18. The van der Waals surface area contributed by atoms with Crippen LogP contribution in [0.4, 0.5) is 16.6 Å². The zero-order chi connectivity index (χ0) is 39.1. The third-order valence-corrected chi connectivity index (χ3v) is 11.8. The Kier molecular flexibility index (Phi) is 11.6. The number of piperidine rings is 2. The molecular weight excluding hydrogens is 745 g/mol. The molecule has 57 heavy (non-hydrogen) atoms. The molecule has 5 aromatic rings. The summed E-state index contributed by atoms with van der Waals surface area (Å²) in [5.41, 5.74) is 4.78. The monoisotopic (exact) mass is 788 g/mol. The number of rotatable bonds is 7. The fourth-order valence-corrected chi connectivity index (χ4v) is 8.54. The lowest BCUT2D eigenvalue weighted by Crippen LogP contribution is -2.51. The van der Waals surface area contributed by atoms with Gasteiger partial charge in [0.15, 0.2) is 5.01 Å². The van der Waals surface area contributed by atoms with Crippen molar-refractivity contribution in [2.24, 2.45) is 5.92 Å². The Bertz CT molecular complexity index is 2240. The fraction of sp³-hybridized carbons (Fsp3) is 0.425. The van der Waals surface area contributed by atoms with Gasteiger partial charge in [-0.15, -0.1) is 10.2 Å². The Morgan fingerprint density at radius 3 is 2.39 bits per heavy atom. The molecule has 17 heteroatoms. The third kappa shape index (κ3) is 8.87. The largest absolute Gasteiger partial charge is 0.381 e. The van der Waals surface area contributed by atoms with Crippen molar-refractivity contribution in [1.82, 2.24) is 40.0 Å². The first kappa shape index (κ1) is 37.9. The van der Waals surface area contributed by atoms with E-state index in [1.54, 1.807) is 22.0 Å². The van der Waals surface area contributed by atoms with Crippen molar-refractivity contribution in [2.45, 2.75) is 51.0 Å². The molecule has 294 valence electrons. The number of nitrogens with zero attached hydrogens (tertiary/aromatic N) is 10. The molecule has 2 N–H and O–H groups in total. The van der Waals surface area contributed by atoms with Gasteiger partial charge in [0.2, 0.25) is 22.9 Å². The van der Waals surface area contributed by atoms with Gasteiger partial charge in [-0.2, -0.15) is 10.4 Å². The number of imide groups is 1. The number of carbonyl (C=O) groups is 3. The van der Waals surface area contributed by atoms with Gasteiger partial charge in [0.25, 0.3) is 0 Å². The van der Waals surface area contributed by atoms with Crippen LogP contribution < -0.4 is 20.4 Å². The molecule has 0 aromatic carbocycles. The van der Waals surface area contributed by atoms with Crippen LogP contribution in [-0.4, -0.2) is 111 Å². The topological polar surface area (TPSA) is 187 Å². The second kappa shape index (κ2) is 17.4. The third-order valence-electron chi connectivity index (χ3n) is 10.8. The number of piperazine rings is 1. The first-order valence-electron chi connectivity index (χ1n) is 19.5. The number of anilines is 3. The smallest absolute Gasteiger partial charge is 0.226 e. The Hall–Kier alpha value is -5.99. The van der Waals surface area contributed by atoms with Crippen LogP contribution in [0.15, 0.2) is 61.1 Å². The SMILES string of the molecule is N#Cc1cnn2c(-c3cc(NC4CCOCC4)c(-c4nnc(N5CCN(C(=O)C6CCN(c7ccccn7)CC6)CC5)s4)cn3)ccc2c1.O=C1CCCC(=O)N1. The van der Waals surface area contributed by atoms with E-state index in [2.05, 4.69) is 52.8 Å². The molecule has 4 aliphatic rings. The molecule has 0 spiro atoms. The molecule has 0 aliphatic carbocycles. The molecule has 0 atom stereocenters. The molecular formula is C40H44N12O4S. The molecule has 16 nitrogen and oxygen atoms in total. The molecule has 4 aliphatic heterocycles. The van der Waals surface area contributed by atoms with E-state index in [0.29, 0.717) is 37.9 Å². The number of nitriles is 1. The summed E-state index contributed by atoms with van der Waals surface area (Å²) in [6.45, 7) is 5.95. The van der Waals surface area contributed by atoms with Gasteiger partial charge in [0.1, 0.15) is 11.9 Å². The van der Waals surface area contributed by atoms with Crippen molar-refractivity contribution >= 4 is 51.2 Å². The van der Waals surface area contributed by atoms with Crippen molar-refractivity contribution in [3.63, 3.8) is 0 Å². The fourth-order valence-electron chi connectivity index (χ4n) is 7.62. The van der Waals surface area contributed by atoms with Gasteiger partial charge >= 0.3 is 0 Å². The predicted octanol–water partition coefficient (Wildman–Crippen LogP) is 4.15. The molecule has 0 radical (unpaired) electrons. The van der Waals surface area contributed by atoms with Crippen molar-refractivity contribution in [1.29, 1.82) is 5.26 Å². The van der Waals surface area contributed by atoms with Gasteiger partial charge in [0, 0.05) is 95.4 Å². The Morgan fingerprint density at radius 1 is 0.895 bits per heavy atom. The lowest BCUT2D eigenvalue weighted by Gasteiger charge is -2.38. The number of hydrogen-bond donors (Lipinski definition) is 2. The van der Waals surface area contributed by atoms with Crippen molar-refractivity contribution < 1.29 is 19.1 Å². The quantitative estimate of drug-likeness (QED) is 0.224. The highest BCUT2D eigenvalue weighted by Crippen LogP contribution is 2.37. The standard InChI is InChI=1S/C35H37N11O2S.C5H7NO2/c36-21-24-19-27-4-5-31(46(27)39-22-24)30-20-29(40-26-8-17-48-18-9-26)28(23-38-30)33-41-42-35(49-33)45-15-13-44(14-16-45)34(47)25-6-11-43(12-7-25)32-3-1-2-10-37-32;7-4-2-1-3-5(8)6-4/h1-5,10,19-20,22-23,25-26H,6-9,11-18H2,(H,38,40);1-3H2,(H,6,7,8). The van der Waals surface area contributed by atoms with E-state index in [1.165, 1.54) is 0 Å². The number of pyridine rings is 2. The summed E-state index contributed by atoms with van der Waals surface area (Å²) in [6.07, 6.45) is 10.5. The lowest BCUT2D eigenvalue weighted by atomic mass is 9.95. The summed E-state index contributed by atoms with van der Waals surface area (Å²) in [5.74, 6) is 1.04. The van der Waals surface area contributed by atoms with E-state index in [-0.39, 0.29) is 29.7 Å². The number of fused-ring (bicyclic) bond motifs is 1. The zero-order valence-electron chi connectivity index (χ0n) is 31.5. The van der Waals surface area contributed by atoms with E-state index >= 15 is 0 Å². The van der Waals surface area contributed by atoms with Gasteiger partial charge in [-0.05, 0) is 68.5 Å². The van der Waals surface area contributed by atoms with Crippen LogP contribution in [0.3, 0.4) is 0 Å². The normalized spacial score (nSPS) is 18.1. The van der Waals surface area contributed by atoms with Crippen LogP contribution in [0.2, 0.25) is 0 Å². The van der Waals surface area contributed by atoms with E-state index < -0.39 is 0 Å². The maximum atomic E-state index is 13.5. The highest BCUT2D eigenvalue weighted by atomic mass is 32.1. The molecule has 5 aromatic heterocycles. The zero-order valence-corrected chi connectivity index (χ0v) is 32.4. The van der Waals surface area contributed by atoms with Gasteiger partial charge < -0.3 is 24.8 Å². The second-order valence-corrected chi connectivity index (χ2v) is 15.5. The first-order valence-corrected chi connectivity index (χ1v) is 20.3. The summed E-state index contributed by atoms with van der Waals surface area (Å²) >= 11 is 1.55. The minimum absolute atomic E-state index is 0.0623. The Labute approximate surface area is 333 Å². The summed E-state index contributed by atoms with van der Waals surface area (Å²) in [4.78, 5) is 50.0. The van der Waals surface area contributed by atoms with Crippen molar-refractivity contribution in [3.8, 4) is 28.0 Å². The predicted molar refractivity (Wildman–Crippen MR) is 214 cm³/mol. The average molecular weight is 789 g/mol. The van der Waals surface area contributed by atoms with Crippen LogP contribution >= 0.6 is 11.3 Å². The van der Waals surface area contributed by atoms with Crippen LogP contribution in [-0.2, 0) is 19.1 Å². The molecule has 0 saturated carbocycles. The number of hydrogen-bond acceptors (Lipinski definition) is 14. The maximum Gasteiger partial charge on any atom is 0.226 e. The molecule has 0 bridgehead atoms. The molecule has 4 saturated heterocycles. The Morgan fingerprint density at radius 2 is 1.68 bits per heavy atom. The van der Waals surface area contributed by atoms with Gasteiger partial charge in [-0.25, -0.2) is 9.50 Å². The summed E-state index contributed by atoms with van der Waals surface area (Å²) in [7, 11) is 0. The number of nitrogens with one attached hydrogen (secondary N) is 2. The first-order chi connectivity index (χ1) is 27.9. The van der Waals surface area contributed by atoms with Crippen LogP contribution in [0.1, 0.15) is 50.5 Å². The minimum atomic E-state index is -0.138. The molecule has 9 heterocycles.